The van der Waals surface area contributed by atoms with E-state index >= 15 is 0 Å². The number of hydrogen-bond acceptors (Lipinski definition) is 2. The SMILES string of the molecule is CCCCCCC(=O)C(Cl)Sc1ccccc1. The first-order chi connectivity index (χ1) is 8.24. The Morgan fingerprint density at radius 1 is 1.24 bits per heavy atom. The van der Waals surface area contributed by atoms with E-state index in [1.54, 1.807) is 0 Å². The molecule has 0 saturated carbocycles. The number of halogens is 1. The molecule has 0 fully saturated rings. The quantitative estimate of drug-likeness (QED) is 0.380. The van der Waals surface area contributed by atoms with Crippen molar-refractivity contribution in [1.29, 1.82) is 0 Å². The first-order valence-electron chi connectivity index (χ1n) is 6.12. The first kappa shape index (κ1) is 14.6. The van der Waals surface area contributed by atoms with Gasteiger partial charge in [-0.2, -0.15) is 0 Å². The molecule has 0 aromatic heterocycles. The summed E-state index contributed by atoms with van der Waals surface area (Å²) in [6.07, 6.45) is 5.09. The predicted molar refractivity (Wildman–Crippen MR) is 75.7 cm³/mol. The van der Waals surface area contributed by atoms with Gasteiger partial charge in [0.15, 0.2) is 5.78 Å². The van der Waals surface area contributed by atoms with Gasteiger partial charge in [0.2, 0.25) is 0 Å². The lowest BCUT2D eigenvalue weighted by Crippen LogP contribution is -2.09. The summed E-state index contributed by atoms with van der Waals surface area (Å²) in [7, 11) is 0. The molecule has 1 aromatic carbocycles. The molecule has 1 atom stereocenters. The normalized spacial score (nSPS) is 12.4. The van der Waals surface area contributed by atoms with E-state index in [9.17, 15) is 4.79 Å². The Kier molecular flexibility index (Phi) is 7.38. The molecule has 17 heavy (non-hydrogen) atoms. The molecule has 3 heteroatoms. The van der Waals surface area contributed by atoms with Crippen LogP contribution in [0.5, 0.6) is 0 Å². The van der Waals surface area contributed by atoms with E-state index in [2.05, 4.69) is 6.92 Å². The minimum atomic E-state index is -0.445. The van der Waals surface area contributed by atoms with Gasteiger partial charge in [-0.05, 0) is 18.6 Å². The minimum Gasteiger partial charge on any atom is -0.297 e. The van der Waals surface area contributed by atoms with Gasteiger partial charge in [-0.25, -0.2) is 0 Å². The molecular formula is C14H19ClOS. The highest BCUT2D eigenvalue weighted by Crippen LogP contribution is 2.27. The Morgan fingerprint density at radius 3 is 2.59 bits per heavy atom. The Balaban J connectivity index is 2.27. The number of thioether (sulfide) groups is 1. The highest BCUT2D eigenvalue weighted by Gasteiger charge is 2.15. The summed E-state index contributed by atoms with van der Waals surface area (Å²) in [6, 6.07) is 9.82. The van der Waals surface area contributed by atoms with Crippen LogP contribution < -0.4 is 0 Å². The van der Waals surface area contributed by atoms with Crippen molar-refractivity contribution in [2.24, 2.45) is 0 Å². The molecule has 0 heterocycles. The molecular weight excluding hydrogens is 252 g/mol. The second kappa shape index (κ2) is 8.60. The molecule has 0 saturated heterocycles. The van der Waals surface area contributed by atoms with E-state index in [0.717, 1.165) is 17.7 Å². The lowest BCUT2D eigenvalue weighted by Gasteiger charge is -2.08. The Bertz CT molecular complexity index is 326. The summed E-state index contributed by atoms with van der Waals surface area (Å²) in [5.41, 5.74) is 0. The predicted octanol–water partition coefficient (Wildman–Crippen LogP) is 4.88. The molecule has 1 aromatic rings. The Labute approximate surface area is 113 Å². The van der Waals surface area contributed by atoms with E-state index in [4.69, 9.17) is 11.6 Å². The zero-order valence-electron chi connectivity index (χ0n) is 10.2. The maximum absolute atomic E-state index is 11.8. The lowest BCUT2D eigenvalue weighted by atomic mass is 10.1. The van der Waals surface area contributed by atoms with Gasteiger partial charge < -0.3 is 0 Å². The van der Waals surface area contributed by atoms with Crippen LogP contribution in [-0.2, 0) is 4.79 Å². The molecule has 0 aliphatic rings. The maximum Gasteiger partial charge on any atom is 0.161 e. The number of alkyl halides is 1. The van der Waals surface area contributed by atoms with Gasteiger partial charge in [0.05, 0.1) is 0 Å². The van der Waals surface area contributed by atoms with Crippen molar-refractivity contribution < 1.29 is 4.79 Å². The molecule has 1 rings (SSSR count). The number of carbonyl (C=O) groups is 1. The number of carbonyl (C=O) groups excluding carboxylic acids is 1. The third kappa shape index (κ3) is 6.13. The fourth-order valence-electron chi connectivity index (χ4n) is 1.52. The third-order valence-corrected chi connectivity index (χ3v) is 4.04. The van der Waals surface area contributed by atoms with Crippen molar-refractivity contribution >= 4 is 29.1 Å². The molecule has 1 nitrogen and oxygen atoms in total. The van der Waals surface area contributed by atoms with Crippen LogP contribution in [0.4, 0.5) is 0 Å². The van der Waals surface area contributed by atoms with Crippen LogP contribution in [0.3, 0.4) is 0 Å². The van der Waals surface area contributed by atoms with Crippen molar-refractivity contribution in [1.82, 2.24) is 0 Å². The number of benzene rings is 1. The zero-order valence-corrected chi connectivity index (χ0v) is 11.8. The van der Waals surface area contributed by atoms with Crippen LogP contribution in [0.2, 0.25) is 0 Å². The van der Waals surface area contributed by atoms with Gasteiger partial charge in [0.25, 0.3) is 0 Å². The summed E-state index contributed by atoms with van der Waals surface area (Å²) in [6.45, 7) is 2.16. The summed E-state index contributed by atoms with van der Waals surface area (Å²) in [5, 5.41) is 0. The van der Waals surface area contributed by atoms with Crippen LogP contribution in [0, 0.1) is 0 Å². The Hall–Kier alpha value is -0.470. The largest absolute Gasteiger partial charge is 0.297 e. The van der Waals surface area contributed by atoms with Crippen molar-refractivity contribution in [2.45, 2.75) is 48.6 Å². The van der Waals surface area contributed by atoms with E-state index < -0.39 is 4.71 Å². The van der Waals surface area contributed by atoms with Crippen LogP contribution in [0.15, 0.2) is 35.2 Å². The number of unbranched alkanes of at least 4 members (excludes halogenated alkanes) is 3. The van der Waals surface area contributed by atoms with E-state index in [1.165, 1.54) is 24.6 Å². The van der Waals surface area contributed by atoms with Crippen molar-refractivity contribution in [3.8, 4) is 0 Å². The molecule has 0 radical (unpaired) electrons. The van der Waals surface area contributed by atoms with Gasteiger partial charge >= 0.3 is 0 Å². The average Bonchev–Trinajstić information content (AvgIpc) is 2.35. The fourth-order valence-corrected chi connectivity index (χ4v) is 2.74. The summed E-state index contributed by atoms with van der Waals surface area (Å²) < 4.78 is -0.445. The summed E-state index contributed by atoms with van der Waals surface area (Å²) in [4.78, 5) is 12.8. The Morgan fingerprint density at radius 2 is 1.94 bits per heavy atom. The van der Waals surface area contributed by atoms with Crippen molar-refractivity contribution in [3.05, 3.63) is 30.3 Å². The molecule has 94 valence electrons. The molecule has 0 aliphatic heterocycles. The second-order valence-corrected chi connectivity index (χ2v) is 5.90. The van der Waals surface area contributed by atoms with Crippen LogP contribution in [0.1, 0.15) is 39.0 Å². The topological polar surface area (TPSA) is 17.1 Å². The highest BCUT2D eigenvalue weighted by atomic mass is 35.5. The zero-order chi connectivity index (χ0) is 12.5. The van der Waals surface area contributed by atoms with E-state index in [0.29, 0.717) is 6.42 Å². The summed E-state index contributed by atoms with van der Waals surface area (Å²) >= 11 is 7.52. The van der Waals surface area contributed by atoms with Crippen LogP contribution in [0.25, 0.3) is 0 Å². The smallest absolute Gasteiger partial charge is 0.161 e. The second-order valence-electron chi connectivity index (χ2n) is 4.02. The molecule has 0 amide bonds. The molecule has 0 spiro atoms. The average molecular weight is 271 g/mol. The molecule has 0 aliphatic carbocycles. The van der Waals surface area contributed by atoms with E-state index in [1.807, 2.05) is 30.3 Å². The van der Waals surface area contributed by atoms with Gasteiger partial charge in [0.1, 0.15) is 4.71 Å². The fraction of sp³-hybridized carbons (Fsp3) is 0.500. The van der Waals surface area contributed by atoms with Crippen molar-refractivity contribution in [2.75, 3.05) is 0 Å². The van der Waals surface area contributed by atoms with Crippen LogP contribution in [-0.4, -0.2) is 10.5 Å². The molecule has 0 N–H and O–H groups in total. The number of hydrogen-bond donors (Lipinski definition) is 0. The standard InChI is InChI=1S/C14H19ClOS/c1-2-3-4-8-11-13(16)14(15)17-12-9-6-5-7-10-12/h5-7,9-10,14H,2-4,8,11H2,1H3. The lowest BCUT2D eigenvalue weighted by molar-refractivity contribution is -0.117. The first-order valence-corrected chi connectivity index (χ1v) is 7.44. The van der Waals surface area contributed by atoms with E-state index in [-0.39, 0.29) is 5.78 Å². The third-order valence-electron chi connectivity index (χ3n) is 2.51. The molecule has 0 bridgehead atoms. The van der Waals surface area contributed by atoms with Gasteiger partial charge in [-0.3, -0.25) is 4.79 Å². The van der Waals surface area contributed by atoms with Crippen molar-refractivity contribution in [3.63, 3.8) is 0 Å². The number of Topliss-reactive ketones (excluding diaryl/α,β-unsaturated/α-hetero) is 1. The highest BCUT2D eigenvalue weighted by molar-refractivity contribution is 8.01. The number of rotatable bonds is 8. The van der Waals surface area contributed by atoms with Gasteiger partial charge in [-0.15, -0.1) is 11.6 Å². The van der Waals surface area contributed by atoms with Gasteiger partial charge in [-0.1, -0.05) is 56.1 Å². The van der Waals surface area contributed by atoms with Crippen LogP contribution >= 0.6 is 23.4 Å². The van der Waals surface area contributed by atoms with Gasteiger partial charge in [0, 0.05) is 11.3 Å². The molecule has 1 unspecified atom stereocenters. The number of ketones is 1. The minimum absolute atomic E-state index is 0.150. The summed E-state index contributed by atoms with van der Waals surface area (Å²) in [5.74, 6) is 0.150. The monoisotopic (exact) mass is 270 g/mol. The maximum atomic E-state index is 11.8.